The molecule has 0 saturated carbocycles. The van der Waals surface area contributed by atoms with Crippen LogP contribution in [0.3, 0.4) is 0 Å². The van der Waals surface area contributed by atoms with E-state index in [1.807, 2.05) is 12.3 Å². The molecule has 1 aliphatic heterocycles. The Morgan fingerprint density at radius 2 is 1.89 bits per heavy atom. The fourth-order valence-corrected chi connectivity index (χ4v) is 2.44. The average molecular weight is 256 g/mol. The minimum absolute atomic E-state index is 0.216. The summed E-state index contributed by atoms with van der Waals surface area (Å²) < 4.78 is 0. The fraction of sp³-hybridized carbons (Fsp3) is 0.125. The van der Waals surface area contributed by atoms with E-state index in [9.17, 15) is 0 Å². The Balaban J connectivity index is 2.00. The van der Waals surface area contributed by atoms with Gasteiger partial charge in [-0.3, -0.25) is 0 Å². The largest absolute Gasteiger partial charge is 0.381 e. The molecule has 0 amide bonds. The monoisotopic (exact) mass is 255 g/mol. The second-order valence-electron chi connectivity index (χ2n) is 4.46. The number of halogens is 1. The summed E-state index contributed by atoms with van der Waals surface area (Å²) in [5.74, 6) is 0.558. The van der Waals surface area contributed by atoms with Crippen molar-refractivity contribution in [3.63, 3.8) is 0 Å². The molecule has 0 spiro atoms. The molecule has 0 bridgehead atoms. The Labute approximate surface area is 112 Å². The van der Waals surface area contributed by atoms with Crippen molar-refractivity contribution in [1.82, 2.24) is 5.32 Å². The number of hydrogen-bond donors (Lipinski definition) is 1. The highest BCUT2D eigenvalue weighted by Crippen LogP contribution is 2.24. The summed E-state index contributed by atoms with van der Waals surface area (Å²) in [5.41, 5.74) is 2.43. The summed E-state index contributed by atoms with van der Waals surface area (Å²) >= 11 is 5.88. The van der Waals surface area contributed by atoms with Crippen molar-refractivity contribution in [2.75, 3.05) is 5.88 Å². The van der Waals surface area contributed by atoms with Crippen molar-refractivity contribution < 1.29 is 0 Å². The van der Waals surface area contributed by atoms with E-state index >= 15 is 0 Å². The third-order valence-electron chi connectivity index (χ3n) is 3.24. The smallest absolute Gasteiger partial charge is 0.0699 e. The molecule has 1 unspecified atom stereocenters. The number of nitrogens with one attached hydrogen (secondary N) is 1. The quantitative estimate of drug-likeness (QED) is 0.795. The van der Waals surface area contributed by atoms with Crippen LogP contribution in [0.2, 0.25) is 0 Å². The van der Waals surface area contributed by atoms with Gasteiger partial charge in [-0.25, -0.2) is 0 Å². The lowest BCUT2D eigenvalue weighted by molar-refractivity contribution is 0.740. The van der Waals surface area contributed by atoms with Crippen molar-refractivity contribution >= 4 is 22.4 Å². The van der Waals surface area contributed by atoms with E-state index in [2.05, 4.69) is 53.9 Å². The van der Waals surface area contributed by atoms with E-state index in [-0.39, 0.29) is 6.04 Å². The zero-order chi connectivity index (χ0) is 12.4. The van der Waals surface area contributed by atoms with Gasteiger partial charge in [0.15, 0.2) is 0 Å². The van der Waals surface area contributed by atoms with E-state index < -0.39 is 0 Å². The number of benzene rings is 2. The first-order valence-corrected chi connectivity index (χ1v) is 6.58. The van der Waals surface area contributed by atoms with E-state index in [0.29, 0.717) is 5.88 Å². The number of hydrogen-bond acceptors (Lipinski definition) is 1. The van der Waals surface area contributed by atoms with Gasteiger partial charge in [-0.15, -0.1) is 11.6 Å². The molecular weight excluding hydrogens is 242 g/mol. The molecule has 0 saturated heterocycles. The molecular formula is C16H14ClN. The average Bonchev–Trinajstić information content (AvgIpc) is 2.47. The van der Waals surface area contributed by atoms with Gasteiger partial charge in [0.1, 0.15) is 0 Å². The number of fused-ring (bicyclic) bond motifs is 1. The highest BCUT2D eigenvalue weighted by atomic mass is 35.5. The summed E-state index contributed by atoms with van der Waals surface area (Å²) in [6.07, 6.45) is 6.17. The topological polar surface area (TPSA) is 12.0 Å². The molecule has 18 heavy (non-hydrogen) atoms. The Kier molecular flexibility index (Phi) is 3.07. The van der Waals surface area contributed by atoms with Crippen LogP contribution in [0.25, 0.3) is 10.8 Å². The molecule has 1 N–H and O–H groups in total. The zero-order valence-electron chi connectivity index (χ0n) is 9.94. The third-order valence-corrected chi connectivity index (χ3v) is 3.55. The van der Waals surface area contributed by atoms with Gasteiger partial charge in [0.25, 0.3) is 0 Å². The van der Waals surface area contributed by atoms with Gasteiger partial charge in [0, 0.05) is 5.88 Å². The summed E-state index contributed by atoms with van der Waals surface area (Å²) in [4.78, 5) is 0. The minimum atomic E-state index is 0.216. The molecule has 2 aromatic rings. The van der Waals surface area contributed by atoms with Gasteiger partial charge in [-0.1, -0.05) is 42.5 Å². The standard InChI is InChI=1S/C16H14ClN/c17-11-12-7-8-18-16(9-12)15-6-5-13-3-1-2-4-14(13)10-15/h1-10,16,18H,11H2. The first-order valence-electron chi connectivity index (χ1n) is 6.05. The van der Waals surface area contributed by atoms with E-state index in [4.69, 9.17) is 11.6 Å². The number of dihydropyridines is 1. The first kappa shape index (κ1) is 11.4. The summed E-state index contributed by atoms with van der Waals surface area (Å²) in [6, 6.07) is 15.2. The number of alkyl halides is 1. The summed E-state index contributed by atoms with van der Waals surface area (Å²) in [6.45, 7) is 0. The molecule has 0 radical (unpaired) electrons. The van der Waals surface area contributed by atoms with Crippen LogP contribution in [0, 0.1) is 0 Å². The summed E-state index contributed by atoms with van der Waals surface area (Å²) in [5, 5.41) is 5.89. The number of allylic oxidation sites excluding steroid dienone is 2. The molecule has 0 aromatic heterocycles. The van der Waals surface area contributed by atoms with Gasteiger partial charge in [-0.05, 0) is 40.3 Å². The Hall–Kier alpha value is -1.73. The molecule has 0 fully saturated rings. The lowest BCUT2D eigenvalue weighted by atomic mass is 9.99. The zero-order valence-corrected chi connectivity index (χ0v) is 10.7. The van der Waals surface area contributed by atoms with Gasteiger partial charge in [-0.2, -0.15) is 0 Å². The number of rotatable bonds is 2. The van der Waals surface area contributed by atoms with Crippen LogP contribution in [-0.4, -0.2) is 5.88 Å². The molecule has 1 atom stereocenters. The molecule has 90 valence electrons. The maximum atomic E-state index is 5.88. The van der Waals surface area contributed by atoms with Crippen LogP contribution < -0.4 is 5.32 Å². The van der Waals surface area contributed by atoms with Gasteiger partial charge in [0.2, 0.25) is 0 Å². The summed E-state index contributed by atoms with van der Waals surface area (Å²) in [7, 11) is 0. The molecule has 2 heteroatoms. The maximum absolute atomic E-state index is 5.88. The van der Waals surface area contributed by atoms with Crippen LogP contribution in [0.15, 0.2) is 66.4 Å². The van der Waals surface area contributed by atoms with Gasteiger partial charge in [0.05, 0.1) is 6.04 Å². The van der Waals surface area contributed by atoms with E-state index in [0.717, 1.165) is 5.57 Å². The second-order valence-corrected chi connectivity index (χ2v) is 4.73. The molecule has 3 rings (SSSR count). The lowest BCUT2D eigenvalue weighted by Gasteiger charge is -2.19. The third kappa shape index (κ3) is 2.14. The minimum Gasteiger partial charge on any atom is -0.381 e. The van der Waals surface area contributed by atoms with Crippen LogP contribution in [0.1, 0.15) is 11.6 Å². The SMILES string of the molecule is ClCC1=CC(c2ccc3ccccc3c2)NC=C1. The van der Waals surface area contributed by atoms with Gasteiger partial charge >= 0.3 is 0 Å². The van der Waals surface area contributed by atoms with E-state index in [1.165, 1.54) is 16.3 Å². The first-order chi connectivity index (χ1) is 8.86. The molecule has 2 aromatic carbocycles. The van der Waals surface area contributed by atoms with Crippen molar-refractivity contribution in [1.29, 1.82) is 0 Å². The lowest BCUT2D eigenvalue weighted by Crippen LogP contribution is -2.16. The normalized spacial score (nSPS) is 18.5. The van der Waals surface area contributed by atoms with E-state index in [1.54, 1.807) is 0 Å². The molecule has 0 aliphatic carbocycles. The Morgan fingerprint density at radius 3 is 2.72 bits per heavy atom. The Morgan fingerprint density at radius 1 is 1.06 bits per heavy atom. The molecule has 1 aliphatic rings. The van der Waals surface area contributed by atoms with Crippen LogP contribution in [-0.2, 0) is 0 Å². The predicted octanol–water partition coefficient (Wildman–Crippen LogP) is 4.16. The second kappa shape index (κ2) is 4.87. The van der Waals surface area contributed by atoms with Gasteiger partial charge < -0.3 is 5.32 Å². The maximum Gasteiger partial charge on any atom is 0.0699 e. The van der Waals surface area contributed by atoms with Crippen LogP contribution in [0.5, 0.6) is 0 Å². The van der Waals surface area contributed by atoms with Crippen molar-refractivity contribution in [3.8, 4) is 0 Å². The van der Waals surface area contributed by atoms with Crippen LogP contribution in [0.4, 0.5) is 0 Å². The fourth-order valence-electron chi connectivity index (χ4n) is 2.26. The van der Waals surface area contributed by atoms with Crippen molar-refractivity contribution in [2.45, 2.75) is 6.04 Å². The molecule has 1 heterocycles. The highest BCUT2D eigenvalue weighted by Gasteiger charge is 2.10. The van der Waals surface area contributed by atoms with Crippen molar-refractivity contribution in [2.24, 2.45) is 0 Å². The highest BCUT2D eigenvalue weighted by molar-refractivity contribution is 6.19. The van der Waals surface area contributed by atoms with Crippen molar-refractivity contribution in [3.05, 3.63) is 72.0 Å². The Bertz CT molecular complexity index is 628. The molecule has 1 nitrogen and oxygen atoms in total. The predicted molar refractivity (Wildman–Crippen MR) is 77.8 cm³/mol. The van der Waals surface area contributed by atoms with Crippen LogP contribution >= 0.6 is 11.6 Å².